The monoisotopic (exact) mass is 237 g/mol. The first-order valence-corrected chi connectivity index (χ1v) is 5.17. The van der Waals surface area contributed by atoms with Crippen molar-refractivity contribution in [3.8, 4) is 0 Å². The van der Waals surface area contributed by atoms with Gasteiger partial charge in [-0.2, -0.15) is 0 Å². The smallest absolute Gasteiger partial charge is 0.326 e. The summed E-state index contributed by atoms with van der Waals surface area (Å²) in [5.41, 5.74) is 0.446. The van der Waals surface area contributed by atoms with Crippen molar-refractivity contribution in [2.45, 2.75) is 19.1 Å². The van der Waals surface area contributed by atoms with Crippen molar-refractivity contribution in [1.29, 1.82) is 0 Å². The van der Waals surface area contributed by atoms with Crippen LogP contribution in [0, 0.1) is 0 Å². The number of likely N-dealkylation sites (N-methyl/N-ethyl adjacent to an activating group) is 1. The molecule has 0 saturated carbocycles. The second-order valence-electron chi connectivity index (χ2n) is 3.78. The van der Waals surface area contributed by atoms with Gasteiger partial charge in [-0.3, -0.25) is 4.79 Å². The Bertz CT molecular complexity index is 404. The van der Waals surface area contributed by atoms with Crippen LogP contribution in [0.1, 0.15) is 18.6 Å². The van der Waals surface area contributed by atoms with Gasteiger partial charge in [0.05, 0.1) is 0 Å². The van der Waals surface area contributed by atoms with E-state index in [2.05, 4.69) is 0 Å². The first-order valence-electron chi connectivity index (χ1n) is 5.17. The highest BCUT2D eigenvalue weighted by Crippen LogP contribution is 2.15. The van der Waals surface area contributed by atoms with Crippen molar-refractivity contribution < 1.29 is 19.8 Å². The summed E-state index contributed by atoms with van der Waals surface area (Å²) in [6.07, 6.45) is -1.33. The predicted molar refractivity (Wildman–Crippen MR) is 61.3 cm³/mol. The van der Waals surface area contributed by atoms with Crippen LogP contribution in [0.2, 0.25) is 0 Å². The molecule has 0 fully saturated rings. The molecule has 0 aliphatic rings. The fraction of sp³-hybridized carbons (Fsp3) is 0.333. The van der Waals surface area contributed by atoms with Crippen molar-refractivity contribution in [2.24, 2.45) is 0 Å². The average Bonchev–Trinajstić information content (AvgIpc) is 2.36. The molecule has 0 bridgehead atoms. The first kappa shape index (κ1) is 13.2. The standard InChI is InChI=1S/C12H15NO4/c1-8(12(16)17)13(2)11(15)10(14)9-6-4-3-5-7-9/h3-8,10,14H,1-2H3,(H,16,17)/t8?,10-/m1/s1. The molecule has 1 aromatic rings. The fourth-order valence-corrected chi connectivity index (χ4v) is 1.33. The van der Waals surface area contributed by atoms with Crippen LogP contribution in [0.15, 0.2) is 30.3 Å². The molecule has 2 N–H and O–H groups in total. The van der Waals surface area contributed by atoms with Gasteiger partial charge in [0.15, 0.2) is 6.10 Å². The van der Waals surface area contributed by atoms with E-state index in [0.717, 1.165) is 4.90 Å². The molecule has 1 aromatic carbocycles. The topological polar surface area (TPSA) is 77.8 Å². The lowest BCUT2D eigenvalue weighted by molar-refractivity contribution is -0.152. The molecular weight excluding hydrogens is 222 g/mol. The lowest BCUT2D eigenvalue weighted by Gasteiger charge is -2.24. The average molecular weight is 237 g/mol. The zero-order valence-electron chi connectivity index (χ0n) is 9.70. The third-order valence-electron chi connectivity index (χ3n) is 2.64. The van der Waals surface area contributed by atoms with Gasteiger partial charge in [0.25, 0.3) is 5.91 Å². The van der Waals surface area contributed by atoms with Crippen LogP contribution in [-0.4, -0.2) is 40.1 Å². The van der Waals surface area contributed by atoms with E-state index in [1.807, 2.05) is 0 Å². The van der Waals surface area contributed by atoms with Crippen LogP contribution in [0.4, 0.5) is 0 Å². The molecule has 17 heavy (non-hydrogen) atoms. The molecule has 0 heterocycles. The minimum atomic E-state index is -1.33. The third-order valence-corrected chi connectivity index (χ3v) is 2.64. The summed E-state index contributed by atoms with van der Waals surface area (Å²) in [4.78, 5) is 23.5. The molecule has 0 aliphatic carbocycles. The number of aliphatic hydroxyl groups excluding tert-OH is 1. The van der Waals surface area contributed by atoms with Crippen LogP contribution < -0.4 is 0 Å². The van der Waals surface area contributed by atoms with Crippen molar-refractivity contribution in [3.63, 3.8) is 0 Å². The number of carbonyl (C=O) groups is 2. The summed E-state index contributed by atoms with van der Waals surface area (Å²) in [7, 11) is 1.35. The maximum Gasteiger partial charge on any atom is 0.326 e. The number of carboxylic acid groups (broad SMARTS) is 1. The lowest BCUT2D eigenvalue weighted by Crippen LogP contribution is -2.42. The maximum atomic E-state index is 11.8. The van der Waals surface area contributed by atoms with E-state index in [4.69, 9.17) is 5.11 Å². The van der Waals surface area contributed by atoms with E-state index >= 15 is 0 Å². The van der Waals surface area contributed by atoms with Crippen LogP contribution in [0.25, 0.3) is 0 Å². The van der Waals surface area contributed by atoms with Crippen molar-refractivity contribution in [2.75, 3.05) is 7.05 Å². The Morgan fingerprint density at radius 2 is 1.76 bits per heavy atom. The highest BCUT2D eigenvalue weighted by atomic mass is 16.4. The van der Waals surface area contributed by atoms with Gasteiger partial charge >= 0.3 is 5.97 Å². The molecule has 1 rings (SSSR count). The number of aliphatic carboxylic acids is 1. The third kappa shape index (κ3) is 3.04. The number of hydrogen-bond donors (Lipinski definition) is 2. The van der Waals surface area contributed by atoms with Gasteiger partial charge in [-0.05, 0) is 12.5 Å². The second kappa shape index (κ2) is 5.45. The molecular formula is C12H15NO4. The number of benzene rings is 1. The lowest BCUT2D eigenvalue weighted by atomic mass is 10.1. The van der Waals surface area contributed by atoms with Crippen molar-refractivity contribution in [1.82, 2.24) is 4.90 Å². The molecule has 1 unspecified atom stereocenters. The van der Waals surface area contributed by atoms with Gasteiger partial charge in [-0.25, -0.2) is 4.79 Å². The van der Waals surface area contributed by atoms with E-state index in [1.54, 1.807) is 30.3 Å². The Hall–Kier alpha value is -1.88. The minimum Gasteiger partial charge on any atom is -0.480 e. The van der Waals surface area contributed by atoms with Gasteiger partial charge in [-0.15, -0.1) is 0 Å². The number of hydrogen-bond acceptors (Lipinski definition) is 3. The largest absolute Gasteiger partial charge is 0.480 e. The summed E-state index contributed by atoms with van der Waals surface area (Å²) in [5, 5.41) is 18.6. The molecule has 0 saturated heterocycles. The number of amides is 1. The van der Waals surface area contributed by atoms with E-state index in [0.29, 0.717) is 5.56 Å². The number of nitrogens with zero attached hydrogens (tertiary/aromatic N) is 1. The maximum absolute atomic E-state index is 11.8. The molecule has 1 amide bonds. The minimum absolute atomic E-state index is 0.446. The Labute approximate surface area is 99.3 Å². The number of carboxylic acids is 1. The van der Waals surface area contributed by atoms with Crippen LogP contribution >= 0.6 is 0 Å². The summed E-state index contributed by atoms with van der Waals surface area (Å²) in [5.74, 6) is -1.74. The van der Waals surface area contributed by atoms with Crippen LogP contribution in [0.3, 0.4) is 0 Å². The summed E-state index contributed by atoms with van der Waals surface area (Å²) in [6.45, 7) is 1.39. The number of carbonyl (C=O) groups excluding carboxylic acids is 1. The highest BCUT2D eigenvalue weighted by molar-refractivity contribution is 5.86. The van der Waals surface area contributed by atoms with Gasteiger partial charge < -0.3 is 15.1 Å². The molecule has 2 atom stereocenters. The van der Waals surface area contributed by atoms with Gasteiger partial charge in [0.2, 0.25) is 0 Å². The van der Waals surface area contributed by atoms with E-state index in [-0.39, 0.29) is 0 Å². The molecule has 0 spiro atoms. The normalized spacial score (nSPS) is 13.8. The number of rotatable bonds is 4. The summed E-state index contributed by atoms with van der Waals surface area (Å²) < 4.78 is 0. The van der Waals surface area contributed by atoms with Gasteiger partial charge in [-0.1, -0.05) is 30.3 Å². The Kier molecular flexibility index (Phi) is 4.23. The number of aliphatic hydroxyl groups is 1. The van der Waals surface area contributed by atoms with Gasteiger partial charge in [0, 0.05) is 7.05 Å². The van der Waals surface area contributed by atoms with E-state index < -0.39 is 24.0 Å². The summed E-state index contributed by atoms with van der Waals surface area (Å²) in [6, 6.07) is 7.42. The molecule has 92 valence electrons. The molecule has 0 aromatic heterocycles. The zero-order valence-corrected chi connectivity index (χ0v) is 9.70. The SMILES string of the molecule is CC(C(=O)O)N(C)C(=O)[C@H](O)c1ccccc1. The Morgan fingerprint density at radius 3 is 2.24 bits per heavy atom. The van der Waals surface area contributed by atoms with Crippen LogP contribution in [-0.2, 0) is 9.59 Å². The quantitative estimate of drug-likeness (QED) is 0.806. The van der Waals surface area contributed by atoms with Crippen molar-refractivity contribution >= 4 is 11.9 Å². The molecule has 5 nitrogen and oxygen atoms in total. The molecule has 0 aliphatic heterocycles. The second-order valence-corrected chi connectivity index (χ2v) is 3.78. The highest BCUT2D eigenvalue weighted by Gasteiger charge is 2.27. The fourth-order valence-electron chi connectivity index (χ4n) is 1.33. The Balaban J connectivity index is 2.80. The van der Waals surface area contributed by atoms with Crippen molar-refractivity contribution in [3.05, 3.63) is 35.9 Å². The predicted octanol–water partition coefficient (Wildman–Crippen LogP) is 0.651. The summed E-state index contributed by atoms with van der Waals surface area (Å²) >= 11 is 0. The zero-order chi connectivity index (χ0) is 13.0. The molecule has 5 heteroatoms. The van der Waals surface area contributed by atoms with Crippen LogP contribution in [0.5, 0.6) is 0 Å². The van der Waals surface area contributed by atoms with E-state index in [9.17, 15) is 14.7 Å². The molecule has 0 radical (unpaired) electrons. The Morgan fingerprint density at radius 1 is 1.24 bits per heavy atom. The van der Waals surface area contributed by atoms with E-state index in [1.165, 1.54) is 14.0 Å². The first-order chi connectivity index (χ1) is 7.95. The van der Waals surface area contributed by atoms with Gasteiger partial charge in [0.1, 0.15) is 6.04 Å².